The topological polar surface area (TPSA) is 54.5 Å². The highest BCUT2D eigenvalue weighted by Gasteiger charge is 2.45. The lowest BCUT2D eigenvalue weighted by Crippen LogP contribution is -2.39. The summed E-state index contributed by atoms with van der Waals surface area (Å²) in [7, 11) is 0. The minimum absolute atomic E-state index is 0.00261. The first-order valence-corrected chi connectivity index (χ1v) is 9.86. The van der Waals surface area contributed by atoms with E-state index >= 15 is 0 Å². The number of ketones is 1. The zero-order valence-corrected chi connectivity index (χ0v) is 16.9. The van der Waals surface area contributed by atoms with Crippen molar-refractivity contribution in [3.8, 4) is 0 Å². The predicted octanol–water partition coefficient (Wildman–Crippen LogP) is 4.22. The van der Waals surface area contributed by atoms with Gasteiger partial charge in [0.25, 0.3) is 0 Å². The minimum atomic E-state index is -0.238. The number of hydrogen-bond donors (Lipinski definition) is 0. The molecule has 0 aromatic heterocycles. The Hall–Kier alpha value is -1.19. The van der Waals surface area contributed by atoms with E-state index in [2.05, 4.69) is 6.92 Å². The zero-order chi connectivity index (χ0) is 19.0. The second-order valence-electron chi connectivity index (χ2n) is 9.78. The Morgan fingerprint density at radius 2 is 1.60 bits per heavy atom. The fourth-order valence-corrected chi connectivity index (χ4v) is 4.14. The van der Waals surface area contributed by atoms with Crippen LogP contribution in [0.25, 0.3) is 0 Å². The van der Waals surface area contributed by atoms with Crippen LogP contribution in [0.3, 0.4) is 0 Å². The second kappa shape index (κ2) is 7.20. The summed E-state index contributed by atoms with van der Waals surface area (Å²) in [5.41, 5.74) is -0.407. The van der Waals surface area contributed by atoms with Crippen LogP contribution < -0.4 is 0 Å². The molecule has 0 aromatic carbocycles. The third kappa shape index (κ3) is 4.32. The van der Waals surface area contributed by atoms with Crippen molar-refractivity contribution in [1.29, 1.82) is 0 Å². The van der Waals surface area contributed by atoms with Crippen molar-refractivity contribution in [2.75, 3.05) is 6.54 Å². The Labute approximate surface area is 152 Å². The summed E-state index contributed by atoms with van der Waals surface area (Å²) in [6.07, 6.45) is 4.89. The number of likely N-dealkylation sites (tertiary alicyclic amines) is 1. The van der Waals surface area contributed by atoms with E-state index in [4.69, 9.17) is 0 Å². The van der Waals surface area contributed by atoms with E-state index in [0.717, 1.165) is 32.1 Å². The fraction of sp³-hybridized carbons (Fsp3) is 0.857. The molecule has 1 aliphatic heterocycles. The van der Waals surface area contributed by atoms with Gasteiger partial charge in [-0.05, 0) is 43.4 Å². The number of rotatable bonds is 5. The number of imide groups is 1. The largest absolute Gasteiger partial charge is 0.299 e. The monoisotopic (exact) mass is 349 g/mol. The zero-order valence-electron chi connectivity index (χ0n) is 16.9. The Kier molecular flexibility index (Phi) is 5.80. The Balaban J connectivity index is 1.91. The average molecular weight is 350 g/mol. The number of Topliss-reactive ketones (excluding diaryl/α,β-unsaturated/α-hetero) is 1. The van der Waals surface area contributed by atoms with Gasteiger partial charge in [-0.3, -0.25) is 19.3 Å². The van der Waals surface area contributed by atoms with Gasteiger partial charge in [0.1, 0.15) is 5.78 Å². The molecule has 0 radical (unpaired) electrons. The molecule has 25 heavy (non-hydrogen) atoms. The van der Waals surface area contributed by atoms with E-state index < -0.39 is 0 Å². The van der Waals surface area contributed by atoms with Gasteiger partial charge in [0.15, 0.2) is 0 Å². The van der Waals surface area contributed by atoms with Crippen molar-refractivity contribution < 1.29 is 14.4 Å². The first-order chi connectivity index (χ1) is 11.5. The van der Waals surface area contributed by atoms with Gasteiger partial charge in [0.2, 0.25) is 11.8 Å². The van der Waals surface area contributed by atoms with Crippen LogP contribution in [0.1, 0.15) is 80.1 Å². The summed E-state index contributed by atoms with van der Waals surface area (Å²) >= 11 is 0. The molecule has 1 saturated carbocycles. The van der Waals surface area contributed by atoms with Crippen molar-refractivity contribution in [3.05, 3.63) is 0 Å². The molecule has 2 rings (SSSR count). The van der Waals surface area contributed by atoms with Crippen LogP contribution in [0, 0.1) is 28.6 Å². The molecule has 2 fully saturated rings. The Morgan fingerprint density at radius 3 is 2.04 bits per heavy atom. The van der Waals surface area contributed by atoms with Crippen molar-refractivity contribution in [2.45, 2.75) is 80.1 Å². The highest BCUT2D eigenvalue weighted by Crippen LogP contribution is 2.39. The van der Waals surface area contributed by atoms with Gasteiger partial charge >= 0.3 is 0 Å². The molecule has 2 aliphatic rings. The van der Waals surface area contributed by atoms with Crippen LogP contribution in [-0.2, 0) is 14.4 Å². The van der Waals surface area contributed by atoms with Crippen molar-refractivity contribution >= 4 is 17.6 Å². The first kappa shape index (κ1) is 20.1. The predicted molar refractivity (Wildman–Crippen MR) is 98.8 cm³/mol. The SMILES string of the molecule is CCC(C)(C)C(=O)C1CCC(CN2C(=O)CC(C(C)(C)C)C2=O)CC1. The van der Waals surface area contributed by atoms with E-state index in [0.29, 0.717) is 24.7 Å². The molecule has 0 aromatic rings. The molecule has 1 atom stereocenters. The van der Waals surface area contributed by atoms with E-state index in [-0.39, 0.29) is 34.5 Å². The van der Waals surface area contributed by atoms with Crippen LogP contribution in [-0.4, -0.2) is 29.0 Å². The molecule has 1 saturated heterocycles. The fourth-order valence-electron chi connectivity index (χ4n) is 4.14. The van der Waals surface area contributed by atoms with E-state index in [9.17, 15) is 14.4 Å². The normalized spacial score (nSPS) is 28.6. The number of amides is 2. The minimum Gasteiger partial charge on any atom is -0.299 e. The number of nitrogens with zero attached hydrogens (tertiary/aromatic N) is 1. The molecule has 1 unspecified atom stereocenters. The molecule has 0 bridgehead atoms. The lowest BCUT2D eigenvalue weighted by atomic mass is 9.72. The molecule has 4 heteroatoms. The van der Waals surface area contributed by atoms with Gasteiger partial charge in [0, 0.05) is 24.3 Å². The molecule has 1 aliphatic carbocycles. The highest BCUT2D eigenvalue weighted by molar-refractivity contribution is 6.03. The van der Waals surface area contributed by atoms with Gasteiger partial charge in [-0.25, -0.2) is 0 Å². The van der Waals surface area contributed by atoms with Crippen LogP contribution >= 0.6 is 0 Å². The molecule has 0 spiro atoms. The van der Waals surface area contributed by atoms with Gasteiger partial charge < -0.3 is 0 Å². The maximum atomic E-state index is 12.6. The lowest BCUT2D eigenvalue weighted by Gasteiger charge is -2.34. The second-order valence-corrected chi connectivity index (χ2v) is 9.78. The summed E-state index contributed by atoms with van der Waals surface area (Å²) in [5.74, 6) is 0.676. The van der Waals surface area contributed by atoms with Gasteiger partial charge in [-0.2, -0.15) is 0 Å². The molecule has 1 heterocycles. The maximum absolute atomic E-state index is 12.6. The summed E-state index contributed by atoms with van der Waals surface area (Å²) in [5, 5.41) is 0. The maximum Gasteiger partial charge on any atom is 0.233 e. The van der Waals surface area contributed by atoms with Gasteiger partial charge in [-0.1, -0.05) is 41.5 Å². The Bertz CT molecular complexity index is 536. The lowest BCUT2D eigenvalue weighted by molar-refractivity contribution is -0.142. The summed E-state index contributed by atoms with van der Waals surface area (Å²) < 4.78 is 0. The highest BCUT2D eigenvalue weighted by atomic mass is 16.2. The van der Waals surface area contributed by atoms with Crippen LogP contribution in [0.2, 0.25) is 0 Å². The van der Waals surface area contributed by atoms with Gasteiger partial charge in [0.05, 0.1) is 5.92 Å². The van der Waals surface area contributed by atoms with Crippen LogP contribution in [0.5, 0.6) is 0 Å². The van der Waals surface area contributed by atoms with Crippen molar-refractivity contribution in [2.24, 2.45) is 28.6 Å². The van der Waals surface area contributed by atoms with Crippen molar-refractivity contribution in [3.63, 3.8) is 0 Å². The molecule has 4 nitrogen and oxygen atoms in total. The molecule has 0 N–H and O–H groups in total. The molecular weight excluding hydrogens is 314 g/mol. The third-order valence-electron chi connectivity index (χ3n) is 6.50. The number of carbonyl (C=O) groups excluding carboxylic acids is 3. The summed E-state index contributed by atoms with van der Waals surface area (Å²) in [6, 6.07) is 0. The number of carbonyl (C=O) groups is 3. The van der Waals surface area contributed by atoms with Gasteiger partial charge in [-0.15, -0.1) is 0 Å². The molecular formula is C21H35NO3. The van der Waals surface area contributed by atoms with Crippen molar-refractivity contribution in [1.82, 2.24) is 4.90 Å². The third-order valence-corrected chi connectivity index (χ3v) is 6.50. The van der Waals surface area contributed by atoms with Crippen LogP contribution in [0.4, 0.5) is 0 Å². The van der Waals surface area contributed by atoms with Crippen LogP contribution in [0.15, 0.2) is 0 Å². The average Bonchev–Trinajstić information content (AvgIpc) is 2.83. The summed E-state index contributed by atoms with van der Waals surface area (Å²) in [6.45, 7) is 12.8. The standard InChI is InChI=1S/C21H35NO3/c1-7-21(5,6)18(24)15-10-8-14(9-11-15)13-22-17(23)12-16(19(22)25)20(2,3)4/h14-16H,7-13H2,1-6H3. The molecule has 142 valence electrons. The quantitative estimate of drug-likeness (QED) is 0.698. The number of hydrogen-bond acceptors (Lipinski definition) is 3. The van der Waals surface area contributed by atoms with E-state index in [1.807, 2.05) is 34.6 Å². The van der Waals surface area contributed by atoms with E-state index in [1.165, 1.54) is 4.90 Å². The summed E-state index contributed by atoms with van der Waals surface area (Å²) in [4.78, 5) is 39.1. The van der Waals surface area contributed by atoms with E-state index in [1.54, 1.807) is 0 Å². The first-order valence-electron chi connectivity index (χ1n) is 9.86. The smallest absolute Gasteiger partial charge is 0.233 e. The molecule has 2 amide bonds. The Morgan fingerprint density at radius 1 is 1.04 bits per heavy atom.